The van der Waals surface area contributed by atoms with Crippen LogP contribution in [0.4, 0.5) is 0 Å². The maximum Gasteiger partial charge on any atom is 0.346 e. The number of carbonyl (C=O) groups is 1. The first-order valence-electron chi connectivity index (χ1n) is 3.21. The van der Waals surface area contributed by atoms with Gasteiger partial charge in [-0.3, -0.25) is 0 Å². The summed E-state index contributed by atoms with van der Waals surface area (Å²) in [6.45, 7) is 0. The van der Waals surface area contributed by atoms with Crippen molar-refractivity contribution in [1.29, 1.82) is 0 Å². The molecule has 1 aromatic rings. The van der Waals surface area contributed by atoms with Gasteiger partial charge in [0.25, 0.3) is 0 Å². The van der Waals surface area contributed by atoms with Crippen LogP contribution in [0.15, 0.2) is 30.3 Å². The van der Waals surface area contributed by atoms with Crippen molar-refractivity contribution < 1.29 is 32.0 Å². The van der Waals surface area contributed by atoms with Crippen LogP contribution in [0, 0.1) is 0 Å². The number of hydrogen-bond donors (Lipinski definition) is 1. The minimum atomic E-state index is -0.642. The molecule has 1 rings (SSSR count). The van der Waals surface area contributed by atoms with E-state index in [1.54, 1.807) is 12.1 Å². The molecule has 0 unspecified atom stereocenters. The van der Waals surface area contributed by atoms with Crippen LogP contribution in [0.1, 0.15) is 5.56 Å². The molecule has 0 heterocycles. The predicted molar refractivity (Wildman–Crippen MR) is 38.9 cm³/mol. The first kappa shape index (κ1) is 11.2. The van der Waals surface area contributed by atoms with E-state index in [2.05, 4.69) is 4.89 Å². The molecule has 0 spiro atoms. The topological polar surface area (TPSA) is 46.5 Å². The third-order valence-electron chi connectivity index (χ3n) is 1.29. The number of benzene rings is 1. The van der Waals surface area contributed by atoms with Crippen molar-refractivity contribution in [1.82, 2.24) is 0 Å². The third kappa shape index (κ3) is 3.53. The molecule has 66 valence electrons. The second-order valence-electron chi connectivity index (χ2n) is 2.13. The van der Waals surface area contributed by atoms with Crippen molar-refractivity contribution in [3.8, 4) is 0 Å². The van der Waals surface area contributed by atoms with E-state index >= 15 is 0 Å². The van der Waals surface area contributed by atoms with Crippen LogP contribution in [0.5, 0.6) is 0 Å². The van der Waals surface area contributed by atoms with Gasteiger partial charge in [-0.25, -0.2) is 4.79 Å². The number of rotatable bonds is 2. The monoisotopic (exact) mass is 208 g/mol. The predicted octanol–water partition coefficient (Wildman–Crippen LogP) is 1.24. The molecule has 12 heavy (non-hydrogen) atoms. The zero-order valence-corrected chi connectivity index (χ0v) is 7.32. The van der Waals surface area contributed by atoms with Gasteiger partial charge >= 0.3 is 5.97 Å². The Balaban J connectivity index is 0.00000121. The van der Waals surface area contributed by atoms with Crippen LogP contribution >= 0.6 is 0 Å². The van der Waals surface area contributed by atoms with E-state index in [0.29, 0.717) is 0 Å². The van der Waals surface area contributed by atoms with Gasteiger partial charge in [-0.05, 0) is 5.56 Å². The zero-order chi connectivity index (χ0) is 8.10. The van der Waals surface area contributed by atoms with Crippen LogP contribution in [-0.2, 0) is 33.2 Å². The minimum absolute atomic E-state index is 0. The molecule has 0 amide bonds. The Hall–Kier alpha value is -0.831. The summed E-state index contributed by atoms with van der Waals surface area (Å²) in [6.07, 6.45) is 0.108. The van der Waals surface area contributed by atoms with Crippen molar-refractivity contribution in [3.63, 3.8) is 0 Å². The summed E-state index contributed by atoms with van der Waals surface area (Å²) in [5.74, 6) is -0.642. The first-order chi connectivity index (χ1) is 5.33. The van der Waals surface area contributed by atoms with Crippen molar-refractivity contribution >= 4 is 5.97 Å². The van der Waals surface area contributed by atoms with E-state index in [4.69, 9.17) is 5.26 Å². The van der Waals surface area contributed by atoms with Gasteiger partial charge in [-0.1, -0.05) is 30.3 Å². The minimum Gasteiger partial charge on any atom is -0.301 e. The molecule has 1 N–H and O–H groups in total. The molecule has 0 radical (unpaired) electrons. The zero-order valence-electron chi connectivity index (χ0n) is 6.21. The summed E-state index contributed by atoms with van der Waals surface area (Å²) in [5, 5.41) is 7.95. The van der Waals surface area contributed by atoms with Crippen LogP contribution in [0.25, 0.3) is 0 Å². The third-order valence-corrected chi connectivity index (χ3v) is 1.29. The van der Waals surface area contributed by atoms with E-state index in [0.717, 1.165) is 5.56 Å². The SMILES string of the molecule is O=C(Cc1ccccc1)OO.[Fe]. The smallest absolute Gasteiger partial charge is 0.301 e. The normalized spacial score (nSPS) is 8.42. The molecule has 4 heteroatoms. The summed E-state index contributed by atoms with van der Waals surface area (Å²) in [4.78, 5) is 14.0. The maximum absolute atomic E-state index is 10.5. The summed E-state index contributed by atoms with van der Waals surface area (Å²) >= 11 is 0. The van der Waals surface area contributed by atoms with Crippen molar-refractivity contribution in [2.24, 2.45) is 0 Å². The summed E-state index contributed by atoms with van der Waals surface area (Å²) in [7, 11) is 0. The van der Waals surface area contributed by atoms with Gasteiger partial charge < -0.3 is 4.89 Å². The molecule has 1 aromatic carbocycles. The van der Waals surface area contributed by atoms with E-state index < -0.39 is 5.97 Å². The van der Waals surface area contributed by atoms with E-state index in [1.807, 2.05) is 18.2 Å². The van der Waals surface area contributed by atoms with Gasteiger partial charge in [0.2, 0.25) is 0 Å². The van der Waals surface area contributed by atoms with E-state index in [9.17, 15) is 4.79 Å². The molecule has 0 saturated carbocycles. The Labute approximate surface area is 80.8 Å². The van der Waals surface area contributed by atoms with Crippen molar-refractivity contribution in [2.45, 2.75) is 6.42 Å². The fourth-order valence-electron chi connectivity index (χ4n) is 0.795. The Morgan fingerprint density at radius 1 is 1.33 bits per heavy atom. The Bertz CT molecular complexity index is 235. The van der Waals surface area contributed by atoms with E-state index in [1.165, 1.54) is 0 Å². The first-order valence-corrected chi connectivity index (χ1v) is 3.21. The quantitative estimate of drug-likeness (QED) is 0.451. The van der Waals surface area contributed by atoms with Crippen LogP contribution in [0.2, 0.25) is 0 Å². The summed E-state index contributed by atoms with van der Waals surface area (Å²) in [5.41, 5.74) is 0.826. The molecule has 0 aromatic heterocycles. The molecule has 0 fully saturated rings. The molecular formula is C8H8FeO3. The standard InChI is InChI=1S/C8H8O3.Fe/c9-8(11-10)6-7-4-2-1-3-5-7;/h1-5,10H,6H2;. The molecule has 0 atom stereocenters. The Morgan fingerprint density at radius 3 is 2.42 bits per heavy atom. The number of carbonyl (C=O) groups excluding carboxylic acids is 1. The van der Waals surface area contributed by atoms with Gasteiger partial charge in [0.1, 0.15) is 0 Å². The Kier molecular flexibility index (Phi) is 5.37. The fourth-order valence-corrected chi connectivity index (χ4v) is 0.795. The molecule has 0 bridgehead atoms. The molecule has 0 saturated heterocycles. The second-order valence-corrected chi connectivity index (χ2v) is 2.13. The molecule has 0 aliphatic heterocycles. The van der Waals surface area contributed by atoms with Crippen LogP contribution in [-0.4, -0.2) is 11.2 Å². The average Bonchev–Trinajstić information content (AvgIpc) is 2.06. The van der Waals surface area contributed by atoms with Gasteiger partial charge in [0, 0.05) is 17.1 Å². The van der Waals surface area contributed by atoms with Gasteiger partial charge in [0.05, 0.1) is 6.42 Å². The maximum atomic E-state index is 10.5. The van der Waals surface area contributed by atoms with Gasteiger partial charge in [0.15, 0.2) is 0 Å². The van der Waals surface area contributed by atoms with Crippen LogP contribution < -0.4 is 0 Å². The summed E-state index contributed by atoms with van der Waals surface area (Å²) in [6, 6.07) is 9.07. The molecule has 0 aliphatic rings. The molecule has 0 aliphatic carbocycles. The Morgan fingerprint density at radius 2 is 1.92 bits per heavy atom. The van der Waals surface area contributed by atoms with Gasteiger partial charge in [-0.15, -0.1) is 0 Å². The molecular weight excluding hydrogens is 200 g/mol. The largest absolute Gasteiger partial charge is 0.346 e. The van der Waals surface area contributed by atoms with Gasteiger partial charge in [-0.2, -0.15) is 5.26 Å². The average molecular weight is 208 g/mol. The van der Waals surface area contributed by atoms with Crippen LogP contribution in [0.3, 0.4) is 0 Å². The summed E-state index contributed by atoms with van der Waals surface area (Å²) < 4.78 is 0. The second kappa shape index (κ2) is 5.77. The fraction of sp³-hybridized carbons (Fsp3) is 0.125. The van der Waals surface area contributed by atoms with Crippen molar-refractivity contribution in [3.05, 3.63) is 35.9 Å². The van der Waals surface area contributed by atoms with Crippen molar-refractivity contribution in [2.75, 3.05) is 0 Å². The van der Waals surface area contributed by atoms with E-state index in [-0.39, 0.29) is 23.5 Å². The number of hydrogen-bond acceptors (Lipinski definition) is 3. The molecule has 3 nitrogen and oxygen atoms in total.